The van der Waals surface area contributed by atoms with Crippen LogP contribution in [0.1, 0.15) is 5.69 Å². The first-order valence-electron chi connectivity index (χ1n) is 4.47. The Labute approximate surface area is 85.7 Å². The third-order valence-electron chi connectivity index (χ3n) is 2.30. The van der Waals surface area contributed by atoms with Crippen molar-refractivity contribution in [2.75, 3.05) is 6.79 Å². The van der Waals surface area contributed by atoms with Gasteiger partial charge in [-0.3, -0.25) is 0 Å². The summed E-state index contributed by atoms with van der Waals surface area (Å²) >= 11 is 0. The van der Waals surface area contributed by atoms with E-state index in [0.29, 0.717) is 11.4 Å². The second kappa shape index (κ2) is 2.85. The standard InChI is InChI=1S/C11H6N2O2/c12-5-8-2-1-7-3-10-11(15-6-14-10)4-9(7)13-8/h1-4H,6H2. The van der Waals surface area contributed by atoms with Crippen molar-refractivity contribution in [3.8, 4) is 17.6 Å². The predicted molar refractivity (Wildman–Crippen MR) is 52.6 cm³/mol. The molecule has 1 aromatic heterocycles. The van der Waals surface area contributed by atoms with Gasteiger partial charge in [0.1, 0.15) is 11.8 Å². The van der Waals surface area contributed by atoms with Crippen LogP contribution in [-0.4, -0.2) is 11.8 Å². The second-order valence-corrected chi connectivity index (χ2v) is 3.21. The first kappa shape index (κ1) is 8.06. The maximum Gasteiger partial charge on any atom is 0.231 e. The second-order valence-electron chi connectivity index (χ2n) is 3.21. The highest BCUT2D eigenvalue weighted by Gasteiger charge is 2.14. The Morgan fingerprint density at radius 1 is 1.20 bits per heavy atom. The topological polar surface area (TPSA) is 55.1 Å². The fraction of sp³-hybridized carbons (Fsp3) is 0.0909. The van der Waals surface area contributed by atoms with Gasteiger partial charge < -0.3 is 9.47 Å². The van der Waals surface area contributed by atoms with Crippen molar-refractivity contribution in [3.05, 3.63) is 30.0 Å². The van der Waals surface area contributed by atoms with E-state index in [0.717, 1.165) is 16.7 Å². The van der Waals surface area contributed by atoms with Gasteiger partial charge in [0, 0.05) is 11.5 Å². The van der Waals surface area contributed by atoms with Crippen LogP contribution in [0, 0.1) is 11.3 Å². The molecule has 15 heavy (non-hydrogen) atoms. The molecule has 4 heteroatoms. The summed E-state index contributed by atoms with van der Waals surface area (Å²) < 4.78 is 10.5. The molecule has 0 fully saturated rings. The minimum absolute atomic E-state index is 0.247. The fourth-order valence-electron chi connectivity index (χ4n) is 1.58. The summed E-state index contributed by atoms with van der Waals surface area (Å²) in [4.78, 5) is 4.17. The van der Waals surface area contributed by atoms with Gasteiger partial charge in [-0.05, 0) is 18.2 Å². The van der Waals surface area contributed by atoms with Crippen molar-refractivity contribution in [1.82, 2.24) is 4.98 Å². The molecule has 0 amide bonds. The molecule has 0 saturated heterocycles. The van der Waals surface area contributed by atoms with E-state index in [4.69, 9.17) is 14.7 Å². The number of nitriles is 1. The molecule has 0 spiro atoms. The van der Waals surface area contributed by atoms with Gasteiger partial charge in [-0.2, -0.15) is 5.26 Å². The Kier molecular flexibility index (Phi) is 1.53. The van der Waals surface area contributed by atoms with Gasteiger partial charge >= 0.3 is 0 Å². The third-order valence-corrected chi connectivity index (χ3v) is 2.30. The zero-order valence-electron chi connectivity index (χ0n) is 7.73. The molecule has 72 valence electrons. The smallest absolute Gasteiger partial charge is 0.231 e. The maximum atomic E-state index is 8.72. The molecule has 1 aliphatic heterocycles. The lowest BCUT2D eigenvalue weighted by molar-refractivity contribution is 0.174. The Hall–Kier alpha value is -2.28. The van der Waals surface area contributed by atoms with Crippen molar-refractivity contribution in [1.29, 1.82) is 5.26 Å². The van der Waals surface area contributed by atoms with Gasteiger partial charge in [0.25, 0.3) is 0 Å². The largest absolute Gasteiger partial charge is 0.454 e. The minimum Gasteiger partial charge on any atom is -0.454 e. The van der Waals surface area contributed by atoms with Crippen LogP contribution in [0.2, 0.25) is 0 Å². The van der Waals surface area contributed by atoms with E-state index in [9.17, 15) is 0 Å². The molecular weight excluding hydrogens is 192 g/mol. The first-order chi connectivity index (χ1) is 7.36. The molecule has 0 bridgehead atoms. The Morgan fingerprint density at radius 3 is 2.80 bits per heavy atom. The van der Waals surface area contributed by atoms with Gasteiger partial charge in [0.05, 0.1) is 5.52 Å². The van der Waals surface area contributed by atoms with Crippen molar-refractivity contribution in [2.24, 2.45) is 0 Å². The lowest BCUT2D eigenvalue weighted by Gasteiger charge is -1.99. The molecule has 0 N–H and O–H groups in total. The minimum atomic E-state index is 0.247. The van der Waals surface area contributed by atoms with Crippen LogP contribution in [0.4, 0.5) is 0 Å². The molecule has 2 aromatic rings. The molecule has 4 nitrogen and oxygen atoms in total. The highest BCUT2D eigenvalue weighted by molar-refractivity contribution is 5.83. The molecule has 1 aliphatic rings. The van der Waals surface area contributed by atoms with Gasteiger partial charge in [-0.15, -0.1) is 0 Å². The summed E-state index contributed by atoms with van der Waals surface area (Å²) in [5, 5.41) is 9.66. The number of aromatic nitrogens is 1. The lowest BCUT2D eigenvalue weighted by atomic mass is 10.2. The normalized spacial score (nSPS) is 12.7. The maximum absolute atomic E-state index is 8.72. The molecule has 1 aromatic carbocycles. The number of hydrogen-bond donors (Lipinski definition) is 0. The zero-order chi connectivity index (χ0) is 10.3. The zero-order valence-corrected chi connectivity index (χ0v) is 7.73. The van der Waals surface area contributed by atoms with Crippen LogP contribution in [0.5, 0.6) is 11.5 Å². The van der Waals surface area contributed by atoms with Crippen molar-refractivity contribution < 1.29 is 9.47 Å². The number of rotatable bonds is 0. The van der Waals surface area contributed by atoms with Crippen LogP contribution in [0.3, 0.4) is 0 Å². The van der Waals surface area contributed by atoms with E-state index in [-0.39, 0.29) is 6.79 Å². The molecule has 0 radical (unpaired) electrons. The van der Waals surface area contributed by atoms with Crippen LogP contribution in [0.25, 0.3) is 10.9 Å². The van der Waals surface area contributed by atoms with Crippen LogP contribution in [-0.2, 0) is 0 Å². The van der Waals surface area contributed by atoms with E-state index < -0.39 is 0 Å². The van der Waals surface area contributed by atoms with Crippen LogP contribution < -0.4 is 9.47 Å². The number of pyridine rings is 1. The van der Waals surface area contributed by atoms with E-state index >= 15 is 0 Å². The Morgan fingerprint density at radius 2 is 2.00 bits per heavy atom. The summed E-state index contributed by atoms with van der Waals surface area (Å²) in [5.74, 6) is 1.42. The summed E-state index contributed by atoms with van der Waals surface area (Å²) in [7, 11) is 0. The van der Waals surface area contributed by atoms with Crippen molar-refractivity contribution >= 4 is 10.9 Å². The van der Waals surface area contributed by atoms with E-state index in [1.807, 2.05) is 18.2 Å². The quantitative estimate of drug-likeness (QED) is 0.648. The molecular formula is C11H6N2O2. The molecule has 0 atom stereocenters. The number of ether oxygens (including phenoxy) is 2. The average Bonchev–Trinajstić information content (AvgIpc) is 2.72. The molecule has 0 unspecified atom stereocenters. The summed E-state index contributed by atoms with van der Waals surface area (Å²) in [6.07, 6.45) is 0. The highest BCUT2D eigenvalue weighted by Crippen LogP contribution is 2.35. The van der Waals surface area contributed by atoms with Gasteiger partial charge in [0.15, 0.2) is 11.5 Å². The Balaban J connectivity index is 2.30. The van der Waals surface area contributed by atoms with Crippen molar-refractivity contribution in [3.63, 3.8) is 0 Å². The molecule has 3 rings (SSSR count). The van der Waals surface area contributed by atoms with Crippen molar-refractivity contribution in [2.45, 2.75) is 0 Å². The highest BCUT2D eigenvalue weighted by atomic mass is 16.7. The number of fused-ring (bicyclic) bond motifs is 2. The lowest BCUT2D eigenvalue weighted by Crippen LogP contribution is -1.92. The number of benzene rings is 1. The molecule has 0 saturated carbocycles. The summed E-state index contributed by atoms with van der Waals surface area (Å²) in [6, 6.07) is 9.20. The van der Waals surface area contributed by atoms with Crippen LogP contribution >= 0.6 is 0 Å². The summed E-state index contributed by atoms with van der Waals surface area (Å²) in [5.41, 5.74) is 1.15. The van der Waals surface area contributed by atoms with E-state index in [1.54, 1.807) is 12.1 Å². The fourth-order valence-corrected chi connectivity index (χ4v) is 1.58. The summed E-state index contributed by atoms with van der Waals surface area (Å²) in [6.45, 7) is 0.247. The van der Waals surface area contributed by atoms with Gasteiger partial charge in [-0.25, -0.2) is 4.98 Å². The average molecular weight is 198 g/mol. The first-order valence-corrected chi connectivity index (χ1v) is 4.47. The third kappa shape index (κ3) is 1.17. The SMILES string of the molecule is N#Cc1ccc2cc3c(cc2n1)OCO3. The molecule has 2 heterocycles. The van der Waals surface area contributed by atoms with Gasteiger partial charge in [0.2, 0.25) is 6.79 Å². The monoisotopic (exact) mass is 198 g/mol. The van der Waals surface area contributed by atoms with E-state index in [2.05, 4.69) is 4.98 Å². The predicted octanol–water partition coefficient (Wildman–Crippen LogP) is 1.84. The number of nitrogens with zero attached hydrogens (tertiary/aromatic N) is 2. The van der Waals surface area contributed by atoms with E-state index in [1.165, 1.54) is 0 Å². The Bertz CT molecular complexity index is 587. The van der Waals surface area contributed by atoms with Crippen LogP contribution in [0.15, 0.2) is 24.3 Å². The number of hydrogen-bond acceptors (Lipinski definition) is 4. The molecule has 0 aliphatic carbocycles. The van der Waals surface area contributed by atoms with Gasteiger partial charge in [-0.1, -0.05) is 0 Å².